The smallest absolute Gasteiger partial charge is 0.319 e. The van der Waals surface area contributed by atoms with Gasteiger partial charge in [0, 0.05) is 6.54 Å². The molecule has 0 fully saturated rings. The Morgan fingerprint density at radius 2 is 2.11 bits per heavy atom. The number of hydrogen-bond acceptors (Lipinski definition) is 3. The van der Waals surface area contributed by atoms with E-state index >= 15 is 0 Å². The van der Waals surface area contributed by atoms with Gasteiger partial charge in [0.2, 0.25) is 0 Å². The van der Waals surface area contributed by atoms with Crippen LogP contribution in [0.25, 0.3) is 0 Å². The summed E-state index contributed by atoms with van der Waals surface area (Å²) in [7, 11) is 0. The molecule has 19 heavy (non-hydrogen) atoms. The molecule has 0 radical (unpaired) electrons. The summed E-state index contributed by atoms with van der Waals surface area (Å²) < 4.78 is 11.0. The average Bonchev–Trinajstić information content (AvgIpc) is 2.44. The van der Waals surface area contributed by atoms with Crippen LogP contribution >= 0.6 is 0 Å². The molecule has 5 nitrogen and oxygen atoms in total. The van der Waals surface area contributed by atoms with E-state index in [0.29, 0.717) is 36.9 Å². The van der Waals surface area contributed by atoms with E-state index in [9.17, 15) is 4.79 Å². The van der Waals surface area contributed by atoms with Gasteiger partial charge in [0.1, 0.15) is 13.2 Å². The predicted octanol–water partition coefficient (Wildman–Crippen LogP) is 2.77. The van der Waals surface area contributed by atoms with Crippen molar-refractivity contribution >= 4 is 11.7 Å². The molecule has 0 unspecified atom stereocenters. The number of nitrogens with one attached hydrogen (secondary N) is 2. The second-order valence-corrected chi connectivity index (χ2v) is 4.42. The summed E-state index contributed by atoms with van der Waals surface area (Å²) >= 11 is 0. The first kappa shape index (κ1) is 13.5. The third kappa shape index (κ3) is 3.77. The minimum Gasteiger partial charge on any atom is -0.486 e. The first-order valence-corrected chi connectivity index (χ1v) is 6.74. The van der Waals surface area contributed by atoms with E-state index in [1.54, 1.807) is 6.07 Å². The van der Waals surface area contributed by atoms with Crippen molar-refractivity contribution in [3.63, 3.8) is 0 Å². The summed E-state index contributed by atoms with van der Waals surface area (Å²) in [5, 5.41) is 5.62. The summed E-state index contributed by atoms with van der Waals surface area (Å²) in [5.41, 5.74) is 0.644. The molecule has 0 bridgehead atoms. The van der Waals surface area contributed by atoms with Crippen LogP contribution in [0.1, 0.15) is 26.2 Å². The second-order valence-electron chi connectivity index (χ2n) is 4.42. The topological polar surface area (TPSA) is 59.6 Å². The van der Waals surface area contributed by atoms with Crippen LogP contribution in [0.5, 0.6) is 11.5 Å². The molecule has 1 aliphatic heterocycles. The average molecular weight is 264 g/mol. The number of unbranched alkanes of at least 4 members (excludes halogenated alkanes) is 2. The molecule has 104 valence electrons. The largest absolute Gasteiger partial charge is 0.486 e. The maximum absolute atomic E-state index is 11.7. The van der Waals surface area contributed by atoms with Crippen LogP contribution in [-0.4, -0.2) is 25.8 Å². The standard InChI is InChI=1S/C14H20N2O3/c1-2-3-4-8-15-14(17)16-11-6-5-7-12-13(11)19-10-9-18-12/h5-7H,2-4,8-10H2,1H3,(H2,15,16,17). The number of para-hydroxylation sites is 1. The van der Waals surface area contributed by atoms with Crippen LogP contribution in [-0.2, 0) is 0 Å². The highest BCUT2D eigenvalue weighted by atomic mass is 16.6. The van der Waals surface area contributed by atoms with Crippen LogP contribution < -0.4 is 20.1 Å². The number of carbonyl (C=O) groups excluding carboxylic acids is 1. The lowest BCUT2D eigenvalue weighted by molar-refractivity contribution is 0.172. The van der Waals surface area contributed by atoms with E-state index in [0.717, 1.165) is 19.3 Å². The van der Waals surface area contributed by atoms with Crippen LogP contribution in [0.4, 0.5) is 10.5 Å². The van der Waals surface area contributed by atoms with Gasteiger partial charge in [-0.05, 0) is 18.6 Å². The van der Waals surface area contributed by atoms with E-state index in [2.05, 4.69) is 17.6 Å². The van der Waals surface area contributed by atoms with Gasteiger partial charge in [-0.1, -0.05) is 25.8 Å². The lowest BCUT2D eigenvalue weighted by Crippen LogP contribution is -2.30. The van der Waals surface area contributed by atoms with Crippen molar-refractivity contribution in [3.8, 4) is 11.5 Å². The van der Waals surface area contributed by atoms with Crippen LogP contribution in [0.3, 0.4) is 0 Å². The molecule has 2 rings (SSSR count). The number of ether oxygens (including phenoxy) is 2. The van der Waals surface area contributed by atoms with Gasteiger partial charge >= 0.3 is 6.03 Å². The van der Waals surface area contributed by atoms with E-state index in [1.165, 1.54) is 0 Å². The number of amides is 2. The van der Waals surface area contributed by atoms with E-state index in [1.807, 2.05) is 12.1 Å². The van der Waals surface area contributed by atoms with Crippen molar-refractivity contribution in [2.75, 3.05) is 25.1 Å². The van der Waals surface area contributed by atoms with Crippen LogP contribution in [0.2, 0.25) is 0 Å². The van der Waals surface area contributed by atoms with Crippen molar-refractivity contribution in [3.05, 3.63) is 18.2 Å². The number of rotatable bonds is 5. The highest BCUT2D eigenvalue weighted by molar-refractivity contribution is 5.91. The molecule has 0 aromatic heterocycles. The third-order valence-electron chi connectivity index (χ3n) is 2.88. The lowest BCUT2D eigenvalue weighted by Gasteiger charge is -2.21. The fourth-order valence-corrected chi connectivity index (χ4v) is 1.92. The summed E-state index contributed by atoms with van der Waals surface area (Å²) in [6, 6.07) is 5.26. The van der Waals surface area contributed by atoms with Gasteiger partial charge in [-0.25, -0.2) is 4.79 Å². The number of anilines is 1. The Morgan fingerprint density at radius 1 is 1.26 bits per heavy atom. The normalized spacial score (nSPS) is 12.9. The van der Waals surface area contributed by atoms with Gasteiger partial charge in [-0.15, -0.1) is 0 Å². The zero-order chi connectivity index (χ0) is 13.5. The monoisotopic (exact) mass is 264 g/mol. The zero-order valence-electron chi connectivity index (χ0n) is 11.2. The SMILES string of the molecule is CCCCCNC(=O)Nc1cccc2c1OCCO2. The van der Waals surface area contributed by atoms with Crippen LogP contribution in [0.15, 0.2) is 18.2 Å². The fourth-order valence-electron chi connectivity index (χ4n) is 1.92. The Morgan fingerprint density at radius 3 is 2.95 bits per heavy atom. The fraction of sp³-hybridized carbons (Fsp3) is 0.500. The first-order valence-electron chi connectivity index (χ1n) is 6.74. The Hall–Kier alpha value is -1.91. The van der Waals surface area contributed by atoms with E-state index < -0.39 is 0 Å². The van der Waals surface area contributed by atoms with Crippen molar-refractivity contribution in [1.29, 1.82) is 0 Å². The molecule has 1 heterocycles. The van der Waals surface area contributed by atoms with Crippen molar-refractivity contribution < 1.29 is 14.3 Å². The minimum atomic E-state index is -0.210. The van der Waals surface area contributed by atoms with Gasteiger partial charge in [0.05, 0.1) is 5.69 Å². The summed E-state index contributed by atoms with van der Waals surface area (Å²) in [6.45, 7) is 3.86. The highest BCUT2D eigenvalue weighted by Crippen LogP contribution is 2.37. The summed E-state index contributed by atoms with van der Waals surface area (Å²) in [6.07, 6.45) is 3.26. The molecule has 5 heteroatoms. The van der Waals surface area contributed by atoms with Gasteiger partial charge in [0.15, 0.2) is 11.5 Å². The number of carbonyl (C=O) groups is 1. The quantitative estimate of drug-likeness (QED) is 0.804. The van der Waals surface area contributed by atoms with Gasteiger partial charge in [-0.3, -0.25) is 0 Å². The molecule has 1 aromatic carbocycles. The Labute approximate surface area is 113 Å². The molecule has 0 saturated heterocycles. The molecule has 2 amide bonds. The highest BCUT2D eigenvalue weighted by Gasteiger charge is 2.16. The summed E-state index contributed by atoms with van der Waals surface area (Å²) in [4.78, 5) is 11.7. The Kier molecular flexibility index (Phi) is 4.89. The molecule has 0 atom stereocenters. The molecule has 1 aliphatic rings. The van der Waals surface area contributed by atoms with Gasteiger partial charge < -0.3 is 20.1 Å². The van der Waals surface area contributed by atoms with Crippen molar-refractivity contribution in [1.82, 2.24) is 5.32 Å². The first-order chi connectivity index (χ1) is 9.31. The molecule has 0 saturated carbocycles. The maximum atomic E-state index is 11.7. The number of hydrogen-bond donors (Lipinski definition) is 2. The van der Waals surface area contributed by atoms with E-state index in [4.69, 9.17) is 9.47 Å². The molecule has 1 aromatic rings. The Balaban J connectivity index is 1.90. The van der Waals surface area contributed by atoms with Crippen molar-refractivity contribution in [2.45, 2.75) is 26.2 Å². The van der Waals surface area contributed by atoms with Gasteiger partial charge in [-0.2, -0.15) is 0 Å². The maximum Gasteiger partial charge on any atom is 0.319 e. The van der Waals surface area contributed by atoms with Gasteiger partial charge in [0.25, 0.3) is 0 Å². The summed E-state index contributed by atoms with van der Waals surface area (Å²) in [5.74, 6) is 1.28. The van der Waals surface area contributed by atoms with Crippen molar-refractivity contribution in [2.24, 2.45) is 0 Å². The van der Waals surface area contributed by atoms with E-state index in [-0.39, 0.29) is 6.03 Å². The lowest BCUT2D eigenvalue weighted by atomic mass is 10.2. The molecule has 0 aliphatic carbocycles. The number of benzene rings is 1. The third-order valence-corrected chi connectivity index (χ3v) is 2.88. The minimum absolute atomic E-state index is 0.210. The predicted molar refractivity (Wildman–Crippen MR) is 74.0 cm³/mol. The number of fused-ring (bicyclic) bond motifs is 1. The Bertz CT molecular complexity index is 435. The molecule has 2 N–H and O–H groups in total. The second kappa shape index (κ2) is 6.87. The molecule has 0 spiro atoms. The van der Waals surface area contributed by atoms with Crippen LogP contribution in [0, 0.1) is 0 Å². The zero-order valence-corrected chi connectivity index (χ0v) is 11.2. The molecular formula is C14H20N2O3. The number of urea groups is 1. The molecular weight excluding hydrogens is 244 g/mol.